The van der Waals surface area contributed by atoms with Crippen molar-refractivity contribution >= 4 is 28.4 Å². The summed E-state index contributed by atoms with van der Waals surface area (Å²) >= 11 is 6.14. The molecule has 0 radical (unpaired) electrons. The maximum Gasteiger partial charge on any atom is 0.253 e. The molecule has 6 nitrogen and oxygen atoms in total. The van der Waals surface area contributed by atoms with Crippen LogP contribution in [0.3, 0.4) is 0 Å². The van der Waals surface area contributed by atoms with E-state index in [1.807, 2.05) is 24.6 Å². The predicted octanol–water partition coefficient (Wildman–Crippen LogP) is 2.26. The average molecular weight is 316 g/mol. The molecule has 3 rings (SSSR count). The number of benzene rings is 1. The first-order valence-corrected chi connectivity index (χ1v) is 7.12. The van der Waals surface area contributed by atoms with E-state index in [0.29, 0.717) is 28.5 Å². The van der Waals surface area contributed by atoms with Gasteiger partial charge < -0.3 is 9.88 Å². The number of amides is 1. The van der Waals surface area contributed by atoms with Crippen molar-refractivity contribution < 1.29 is 4.79 Å². The van der Waals surface area contributed by atoms with Gasteiger partial charge in [-0.1, -0.05) is 11.6 Å². The summed E-state index contributed by atoms with van der Waals surface area (Å²) in [6, 6.07) is 7.01. The molecule has 7 heteroatoms. The van der Waals surface area contributed by atoms with E-state index in [0.717, 1.165) is 11.2 Å². The Morgan fingerprint density at radius 1 is 1.32 bits per heavy atom. The van der Waals surface area contributed by atoms with E-state index in [4.69, 9.17) is 11.6 Å². The quantitative estimate of drug-likeness (QED) is 0.804. The van der Waals surface area contributed by atoms with Crippen LogP contribution < -0.4 is 5.32 Å². The molecule has 0 aliphatic carbocycles. The molecule has 0 atom stereocenters. The van der Waals surface area contributed by atoms with Crippen molar-refractivity contribution in [1.29, 1.82) is 0 Å². The monoisotopic (exact) mass is 315 g/mol. The zero-order valence-corrected chi connectivity index (χ0v) is 12.9. The fourth-order valence-electron chi connectivity index (χ4n) is 2.18. The number of nitrogens with one attached hydrogen (secondary N) is 1. The molecule has 0 spiro atoms. The van der Waals surface area contributed by atoms with Crippen LogP contribution in [0.25, 0.3) is 10.9 Å². The van der Waals surface area contributed by atoms with Gasteiger partial charge in [-0.05, 0) is 31.2 Å². The van der Waals surface area contributed by atoms with Crippen molar-refractivity contribution in [2.24, 2.45) is 7.05 Å². The van der Waals surface area contributed by atoms with Crippen molar-refractivity contribution in [2.75, 3.05) is 0 Å². The number of nitrogens with zero attached hydrogens (tertiary/aromatic N) is 4. The first-order chi connectivity index (χ1) is 10.6. The summed E-state index contributed by atoms with van der Waals surface area (Å²) in [5.74, 6) is 1.26. The first-order valence-electron chi connectivity index (χ1n) is 6.74. The van der Waals surface area contributed by atoms with E-state index in [2.05, 4.69) is 20.5 Å². The summed E-state index contributed by atoms with van der Waals surface area (Å²) in [7, 11) is 1.86. The summed E-state index contributed by atoms with van der Waals surface area (Å²) in [5.41, 5.74) is 1.07. The van der Waals surface area contributed by atoms with Crippen LogP contribution in [0.5, 0.6) is 0 Å². The number of hydrogen-bond acceptors (Lipinski definition) is 4. The van der Waals surface area contributed by atoms with Crippen LogP contribution in [-0.4, -0.2) is 25.7 Å². The lowest BCUT2D eigenvalue weighted by atomic mass is 10.1. The van der Waals surface area contributed by atoms with Crippen molar-refractivity contribution in [3.63, 3.8) is 0 Å². The molecule has 0 aliphatic heterocycles. The van der Waals surface area contributed by atoms with Gasteiger partial charge in [0.05, 0.1) is 22.6 Å². The number of fused-ring (bicyclic) bond motifs is 1. The molecule has 0 bridgehead atoms. The van der Waals surface area contributed by atoms with Crippen molar-refractivity contribution in [2.45, 2.75) is 13.5 Å². The van der Waals surface area contributed by atoms with Crippen LogP contribution in [0.4, 0.5) is 0 Å². The Bertz CT molecular complexity index is 858. The van der Waals surface area contributed by atoms with Crippen molar-refractivity contribution in [1.82, 2.24) is 25.1 Å². The Morgan fingerprint density at radius 2 is 2.14 bits per heavy atom. The van der Waals surface area contributed by atoms with Crippen LogP contribution in [0.1, 0.15) is 22.0 Å². The number of rotatable bonds is 3. The van der Waals surface area contributed by atoms with Gasteiger partial charge in [0, 0.05) is 18.6 Å². The second-order valence-electron chi connectivity index (χ2n) is 4.90. The summed E-state index contributed by atoms with van der Waals surface area (Å²) in [6.45, 7) is 2.15. The van der Waals surface area contributed by atoms with Crippen LogP contribution in [0.2, 0.25) is 5.02 Å². The minimum absolute atomic E-state index is 0.221. The highest BCUT2D eigenvalue weighted by molar-refractivity contribution is 6.36. The van der Waals surface area contributed by atoms with Gasteiger partial charge in [-0.25, -0.2) is 0 Å². The van der Waals surface area contributed by atoms with Gasteiger partial charge >= 0.3 is 0 Å². The lowest BCUT2D eigenvalue weighted by molar-refractivity contribution is 0.0951. The first kappa shape index (κ1) is 14.5. The Kier molecular flexibility index (Phi) is 3.77. The molecule has 0 aliphatic rings. The number of pyridine rings is 1. The third kappa shape index (κ3) is 2.53. The maximum atomic E-state index is 12.4. The zero-order chi connectivity index (χ0) is 15.7. The van der Waals surface area contributed by atoms with E-state index < -0.39 is 0 Å². The largest absolute Gasteiger partial charge is 0.345 e. The normalized spacial score (nSPS) is 10.9. The van der Waals surface area contributed by atoms with Gasteiger partial charge in [0.25, 0.3) is 5.91 Å². The predicted molar refractivity (Wildman–Crippen MR) is 83.7 cm³/mol. The highest BCUT2D eigenvalue weighted by Gasteiger charge is 2.14. The molecule has 3 aromatic rings. The lowest BCUT2D eigenvalue weighted by Crippen LogP contribution is -2.25. The van der Waals surface area contributed by atoms with Gasteiger partial charge in [0.15, 0.2) is 5.82 Å². The third-order valence-corrected chi connectivity index (χ3v) is 3.88. The minimum Gasteiger partial charge on any atom is -0.345 e. The SMILES string of the molecule is Cc1nnc(CNC(=O)c2ccc(Cl)c3cccnc23)n1C. The molecule has 0 unspecified atom stereocenters. The van der Waals surface area contributed by atoms with Gasteiger partial charge in [-0.15, -0.1) is 10.2 Å². The number of carbonyl (C=O) groups is 1. The van der Waals surface area contributed by atoms with Crippen LogP contribution in [0.15, 0.2) is 30.5 Å². The molecule has 112 valence electrons. The number of aromatic nitrogens is 4. The zero-order valence-electron chi connectivity index (χ0n) is 12.2. The van der Waals surface area contributed by atoms with Crippen molar-refractivity contribution in [3.8, 4) is 0 Å². The van der Waals surface area contributed by atoms with Gasteiger partial charge in [0.2, 0.25) is 0 Å². The summed E-state index contributed by atoms with van der Waals surface area (Å²) in [4.78, 5) is 16.7. The topological polar surface area (TPSA) is 72.7 Å². The molecule has 0 saturated carbocycles. The molecule has 22 heavy (non-hydrogen) atoms. The molecule has 2 heterocycles. The number of hydrogen-bond donors (Lipinski definition) is 1. The molecule has 1 aromatic carbocycles. The molecule has 1 amide bonds. The fourth-order valence-corrected chi connectivity index (χ4v) is 2.40. The summed E-state index contributed by atoms with van der Waals surface area (Å²) in [5, 5.41) is 12.1. The highest BCUT2D eigenvalue weighted by atomic mass is 35.5. The molecular formula is C15H14ClN5O. The number of halogens is 1. The third-order valence-electron chi connectivity index (χ3n) is 3.55. The van der Waals surface area contributed by atoms with Crippen LogP contribution in [0, 0.1) is 6.92 Å². The van der Waals surface area contributed by atoms with Gasteiger partial charge in [0.1, 0.15) is 5.82 Å². The molecule has 1 N–H and O–H groups in total. The fraction of sp³-hybridized carbons (Fsp3) is 0.200. The molecule has 0 saturated heterocycles. The average Bonchev–Trinajstić information content (AvgIpc) is 2.85. The molecule has 0 fully saturated rings. The van der Waals surface area contributed by atoms with Gasteiger partial charge in [-0.2, -0.15) is 0 Å². The van der Waals surface area contributed by atoms with E-state index >= 15 is 0 Å². The molecular weight excluding hydrogens is 302 g/mol. The van der Waals surface area contributed by atoms with Gasteiger partial charge in [-0.3, -0.25) is 9.78 Å². The Hall–Kier alpha value is -2.47. The Labute approximate surface area is 132 Å². The Morgan fingerprint density at radius 3 is 2.86 bits per heavy atom. The van der Waals surface area contributed by atoms with E-state index in [-0.39, 0.29) is 5.91 Å². The van der Waals surface area contributed by atoms with E-state index in [9.17, 15) is 4.79 Å². The minimum atomic E-state index is -0.221. The lowest BCUT2D eigenvalue weighted by Gasteiger charge is -2.08. The summed E-state index contributed by atoms with van der Waals surface area (Å²) < 4.78 is 1.83. The molecule has 2 aromatic heterocycles. The van der Waals surface area contributed by atoms with Crippen LogP contribution in [-0.2, 0) is 13.6 Å². The van der Waals surface area contributed by atoms with Crippen LogP contribution >= 0.6 is 11.6 Å². The van der Waals surface area contributed by atoms with E-state index in [1.54, 1.807) is 24.4 Å². The second-order valence-corrected chi connectivity index (χ2v) is 5.31. The standard InChI is InChI=1S/C15H14ClN5O/c1-9-19-20-13(21(9)2)8-18-15(22)11-5-6-12(16)10-4-3-7-17-14(10)11/h3-7H,8H2,1-2H3,(H,18,22). The van der Waals surface area contributed by atoms with E-state index in [1.165, 1.54) is 0 Å². The highest BCUT2D eigenvalue weighted by Crippen LogP contribution is 2.24. The second kappa shape index (κ2) is 5.73. The number of carbonyl (C=O) groups excluding carboxylic acids is 1. The smallest absolute Gasteiger partial charge is 0.253 e. The Balaban J connectivity index is 1.87. The maximum absolute atomic E-state index is 12.4. The van der Waals surface area contributed by atoms with Crippen molar-refractivity contribution in [3.05, 3.63) is 52.7 Å². The number of aryl methyl sites for hydroxylation is 1. The summed E-state index contributed by atoms with van der Waals surface area (Å²) in [6.07, 6.45) is 1.64.